The summed E-state index contributed by atoms with van der Waals surface area (Å²) in [5.74, 6) is -1.28. The molecule has 1 heterocycles. The highest BCUT2D eigenvalue weighted by Gasteiger charge is 2.40. The maximum Gasteiger partial charge on any atom is 0.326 e. The Morgan fingerprint density at radius 3 is 2.47 bits per heavy atom. The first-order valence-corrected chi connectivity index (χ1v) is 5.87. The second kappa shape index (κ2) is 5.97. The summed E-state index contributed by atoms with van der Waals surface area (Å²) in [6.07, 6.45) is 1.45. The van der Waals surface area contributed by atoms with Crippen molar-refractivity contribution in [2.75, 3.05) is 19.8 Å². The molecule has 0 bridgehead atoms. The third-order valence-corrected chi connectivity index (χ3v) is 3.33. The number of rotatable bonds is 5. The van der Waals surface area contributed by atoms with Gasteiger partial charge in [0.15, 0.2) is 0 Å². The van der Waals surface area contributed by atoms with Crippen LogP contribution in [0.4, 0.5) is 0 Å². The minimum Gasteiger partial charge on any atom is -0.480 e. The maximum atomic E-state index is 12.1. The summed E-state index contributed by atoms with van der Waals surface area (Å²) in [5, 5.41) is 11.5. The Kier molecular flexibility index (Phi) is 4.89. The van der Waals surface area contributed by atoms with Crippen LogP contribution in [0.15, 0.2) is 0 Å². The zero-order chi connectivity index (χ0) is 12.9. The lowest BCUT2D eigenvalue weighted by Gasteiger charge is -2.35. The fourth-order valence-electron chi connectivity index (χ4n) is 1.94. The second-order valence-electron chi connectivity index (χ2n) is 4.37. The molecule has 6 nitrogen and oxygen atoms in total. The maximum absolute atomic E-state index is 12.1. The van der Waals surface area contributed by atoms with Gasteiger partial charge in [-0.25, -0.2) is 4.79 Å². The van der Waals surface area contributed by atoms with Gasteiger partial charge < -0.3 is 20.9 Å². The number of amides is 1. The fourth-order valence-corrected chi connectivity index (χ4v) is 1.94. The number of nitrogens with one attached hydrogen (secondary N) is 1. The van der Waals surface area contributed by atoms with E-state index in [0.29, 0.717) is 32.5 Å². The van der Waals surface area contributed by atoms with E-state index in [9.17, 15) is 9.59 Å². The van der Waals surface area contributed by atoms with E-state index < -0.39 is 17.4 Å². The molecule has 0 aromatic carbocycles. The van der Waals surface area contributed by atoms with E-state index in [-0.39, 0.29) is 12.5 Å². The van der Waals surface area contributed by atoms with Crippen molar-refractivity contribution >= 4 is 11.9 Å². The zero-order valence-electron chi connectivity index (χ0n) is 10.1. The summed E-state index contributed by atoms with van der Waals surface area (Å²) in [6, 6.07) is -0.839. The van der Waals surface area contributed by atoms with Crippen molar-refractivity contribution in [3.8, 4) is 0 Å². The Morgan fingerprint density at radius 2 is 2.06 bits per heavy atom. The molecule has 1 fully saturated rings. The van der Waals surface area contributed by atoms with E-state index in [4.69, 9.17) is 15.6 Å². The Balaban J connectivity index is 2.68. The van der Waals surface area contributed by atoms with Crippen LogP contribution in [0.2, 0.25) is 0 Å². The van der Waals surface area contributed by atoms with Crippen molar-refractivity contribution < 1.29 is 19.4 Å². The predicted molar refractivity (Wildman–Crippen MR) is 61.4 cm³/mol. The molecule has 0 radical (unpaired) electrons. The second-order valence-corrected chi connectivity index (χ2v) is 4.37. The summed E-state index contributed by atoms with van der Waals surface area (Å²) in [4.78, 5) is 23.0. The smallest absolute Gasteiger partial charge is 0.326 e. The molecule has 6 heteroatoms. The molecule has 1 amide bonds. The molecule has 1 saturated heterocycles. The third-order valence-electron chi connectivity index (χ3n) is 3.33. The van der Waals surface area contributed by atoms with Crippen LogP contribution in [-0.4, -0.2) is 42.8 Å². The van der Waals surface area contributed by atoms with Crippen molar-refractivity contribution in [3.63, 3.8) is 0 Å². The lowest BCUT2D eigenvalue weighted by Crippen LogP contribution is -2.53. The van der Waals surface area contributed by atoms with E-state index in [2.05, 4.69) is 5.32 Å². The van der Waals surface area contributed by atoms with Crippen LogP contribution >= 0.6 is 0 Å². The summed E-state index contributed by atoms with van der Waals surface area (Å²) in [5.41, 5.74) is 5.00. The molecule has 1 aliphatic heterocycles. The number of hydrogen-bond donors (Lipinski definition) is 3. The molecule has 0 aliphatic carbocycles. The minimum absolute atomic E-state index is 0.220. The van der Waals surface area contributed by atoms with Gasteiger partial charge in [0, 0.05) is 19.8 Å². The molecule has 0 spiro atoms. The van der Waals surface area contributed by atoms with Crippen LogP contribution in [0, 0.1) is 5.41 Å². The number of nitrogens with two attached hydrogens (primary N) is 1. The highest BCUT2D eigenvalue weighted by atomic mass is 16.5. The van der Waals surface area contributed by atoms with Gasteiger partial charge in [-0.1, -0.05) is 6.92 Å². The highest BCUT2D eigenvalue weighted by Crippen LogP contribution is 2.29. The SMILES string of the molecule is CCC(NC(=O)C1(CN)CCOCC1)C(=O)O. The number of aliphatic carboxylic acids is 1. The molecule has 1 rings (SSSR count). The predicted octanol–water partition coefficient (Wildman–Crippen LogP) is -0.279. The van der Waals surface area contributed by atoms with Gasteiger partial charge in [0.05, 0.1) is 5.41 Å². The standard InChI is InChI=1S/C11H20N2O4/c1-2-8(9(14)15)13-10(16)11(7-12)3-5-17-6-4-11/h8H,2-7,12H2,1H3,(H,13,16)(H,14,15). The Bertz CT molecular complexity index is 287. The molecule has 4 N–H and O–H groups in total. The van der Waals surface area contributed by atoms with Crippen LogP contribution in [0.1, 0.15) is 26.2 Å². The van der Waals surface area contributed by atoms with Crippen molar-refractivity contribution in [1.82, 2.24) is 5.32 Å². The molecule has 0 saturated carbocycles. The summed E-state index contributed by atoms with van der Waals surface area (Å²) >= 11 is 0. The number of carbonyl (C=O) groups excluding carboxylic acids is 1. The van der Waals surface area contributed by atoms with Crippen LogP contribution in [0.25, 0.3) is 0 Å². The Hall–Kier alpha value is -1.14. The monoisotopic (exact) mass is 244 g/mol. The van der Waals surface area contributed by atoms with E-state index in [1.54, 1.807) is 6.92 Å². The number of carboxylic acids is 1. The molecular formula is C11H20N2O4. The van der Waals surface area contributed by atoms with Gasteiger partial charge in [0.2, 0.25) is 5.91 Å². The molecule has 1 unspecified atom stereocenters. The minimum atomic E-state index is -1.01. The van der Waals surface area contributed by atoms with Gasteiger partial charge >= 0.3 is 5.97 Å². The molecule has 0 aromatic rings. The molecule has 98 valence electrons. The number of hydrogen-bond acceptors (Lipinski definition) is 4. The molecular weight excluding hydrogens is 224 g/mol. The number of carboxylic acid groups (broad SMARTS) is 1. The summed E-state index contributed by atoms with van der Waals surface area (Å²) in [7, 11) is 0. The van der Waals surface area contributed by atoms with E-state index in [1.165, 1.54) is 0 Å². The van der Waals surface area contributed by atoms with Gasteiger partial charge in [-0.3, -0.25) is 4.79 Å². The first-order valence-electron chi connectivity index (χ1n) is 5.87. The lowest BCUT2D eigenvalue weighted by atomic mass is 9.79. The van der Waals surface area contributed by atoms with Crippen molar-refractivity contribution in [1.29, 1.82) is 0 Å². The van der Waals surface area contributed by atoms with Crippen molar-refractivity contribution in [2.24, 2.45) is 11.1 Å². The normalized spacial score (nSPS) is 20.6. The van der Waals surface area contributed by atoms with Gasteiger partial charge in [-0.15, -0.1) is 0 Å². The number of carbonyl (C=O) groups is 2. The van der Waals surface area contributed by atoms with Gasteiger partial charge in [-0.05, 0) is 19.3 Å². The van der Waals surface area contributed by atoms with E-state index in [0.717, 1.165) is 0 Å². The van der Waals surface area contributed by atoms with E-state index >= 15 is 0 Å². The van der Waals surface area contributed by atoms with Gasteiger partial charge in [0.1, 0.15) is 6.04 Å². The lowest BCUT2D eigenvalue weighted by molar-refractivity contribution is -0.145. The third kappa shape index (κ3) is 3.17. The quantitative estimate of drug-likeness (QED) is 0.617. The summed E-state index contributed by atoms with van der Waals surface area (Å²) in [6.45, 7) is 2.93. The fraction of sp³-hybridized carbons (Fsp3) is 0.818. The van der Waals surface area contributed by atoms with Crippen LogP contribution in [0.3, 0.4) is 0 Å². The Morgan fingerprint density at radius 1 is 1.47 bits per heavy atom. The van der Waals surface area contributed by atoms with E-state index in [1.807, 2.05) is 0 Å². The van der Waals surface area contributed by atoms with Crippen LogP contribution < -0.4 is 11.1 Å². The number of ether oxygens (including phenoxy) is 1. The first-order chi connectivity index (χ1) is 8.05. The molecule has 17 heavy (non-hydrogen) atoms. The van der Waals surface area contributed by atoms with Gasteiger partial charge in [-0.2, -0.15) is 0 Å². The molecule has 1 atom stereocenters. The summed E-state index contributed by atoms with van der Waals surface area (Å²) < 4.78 is 5.20. The van der Waals surface area contributed by atoms with Crippen molar-refractivity contribution in [3.05, 3.63) is 0 Å². The largest absolute Gasteiger partial charge is 0.480 e. The zero-order valence-corrected chi connectivity index (χ0v) is 10.1. The molecule has 0 aromatic heterocycles. The highest BCUT2D eigenvalue weighted by molar-refractivity contribution is 5.87. The molecule has 1 aliphatic rings. The van der Waals surface area contributed by atoms with Gasteiger partial charge in [0.25, 0.3) is 0 Å². The topological polar surface area (TPSA) is 102 Å². The average molecular weight is 244 g/mol. The van der Waals surface area contributed by atoms with Crippen LogP contribution in [-0.2, 0) is 14.3 Å². The average Bonchev–Trinajstić information content (AvgIpc) is 2.35. The van der Waals surface area contributed by atoms with Crippen LogP contribution in [0.5, 0.6) is 0 Å². The Labute approximate surface area is 101 Å². The first kappa shape index (κ1) is 13.9. The van der Waals surface area contributed by atoms with Crippen molar-refractivity contribution in [2.45, 2.75) is 32.2 Å².